The highest BCUT2D eigenvalue weighted by atomic mass is 79.9. The lowest BCUT2D eigenvalue weighted by atomic mass is 10.2. The van der Waals surface area contributed by atoms with Crippen LogP contribution < -0.4 is 10.2 Å². The Morgan fingerprint density at radius 2 is 1.82 bits per heavy atom. The van der Waals surface area contributed by atoms with Crippen LogP contribution in [0.2, 0.25) is 0 Å². The molecule has 2 aromatic rings. The molecule has 0 aromatic heterocycles. The van der Waals surface area contributed by atoms with Gasteiger partial charge in [-0.3, -0.25) is 9.59 Å². The van der Waals surface area contributed by atoms with Gasteiger partial charge in [0, 0.05) is 22.8 Å². The van der Waals surface area contributed by atoms with Crippen molar-refractivity contribution in [2.75, 3.05) is 16.8 Å². The molecule has 0 unspecified atom stereocenters. The minimum atomic E-state index is -0.237. The monoisotopic (exact) mass is 360 g/mol. The van der Waals surface area contributed by atoms with Crippen LogP contribution in [-0.4, -0.2) is 18.4 Å². The van der Waals surface area contributed by atoms with Crippen LogP contribution in [-0.2, 0) is 9.59 Å². The third-order valence-corrected chi connectivity index (χ3v) is 3.63. The van der Waals surface area contributed by atoms with Crippen molar-refractivity contribution < 1.29 is 9.59 Å². The zero-order valence-corrected chi connectivity index (χ0v) is 14.1. The van der Waals surface area contributed by atoms with Gasteiger partial charge in [-0.25, -0.2) is 0 Å². The van der Waals surface area contributed by atoms with Crippen LogP contribution in [0.3, 0.4) is 0 Å². The molecule has 114 valence electrons. The lowest BCUT2D eigenvalue weighted by molar-refractivity contribution is -0.120. The molecule has 22 heavy (non-hydrogen) atoms. The van der Waals surface area contributed by atoms with Crippen LogP contribution in [0.25, 0.3) is 0 Å². The van der Waals surface area contributed by atoms with Crippen LogP contribution in [0.4, 0.5) is 11.4 Å². The Morgan fingerprint density at radius 1 is 1.14 bits per heavy atom. The van der Waals surface area contributed by atoms with Gasteiger partial charge in [0.25, 0.3) is 0 Å². The predicted octanol–water partition coefficient (Wildman–Crippen LogP) is 3.75. The Bertz CT molecular complexity index is 683. The molecule has 0 aliphatic rings. The Labute approximate surface area is 138 Å². The first-order valence-corrected chi connectivity index (χ1v) is 7.65. The van der Waals surface area contributed by atoms with Gasteiger partial charge in [0.05, 0.1) is 0 Å². The first-order valence-electron chi connectivity index (χ1n) is 6.86. The van der Waals surface area contributed by atoms with Gasteiger partial charge in [0.1, 0.15) is 6.54 Å². The van der Waals surface area contributed by atoms with E-state index in [2.05, 4.69) is 21.2 Å². The summed E-state index contributed by atoms with van der Waals surface area (Å²) in [7, 11) is 0. The van der Waals surface area contributed by atoms with Crippen LogP contribution in [0.15, 0.2) is 53.0 Å². The summed E-state index contributed by atoms with van der Waals surface area (Å²) in [5.41, 5.74) is 2.52. The average molecular weight is 361 g/mol. The SMILES string of the molecule is CC(=O)N(CC(=O)Nc1ccc(C)cc1)c1cccc(Br)c1. The molecule has 2 amide bonds. The number of carbonyl (C=O) groups is 2. The molecular weight excluding hydrogens is 344 g/mol. The fourth-order valence-corrected chi connectivity index (χ4v) is 2.40. The van der Waals surface area contributed by atoms with Gasteiger partial charge < -0.3 is 10.2 Å². The molecule has 0 radical (unpaired) electrons. The molecule has 2 rings (SSSR count). The number of anilines is 2. The second-order valence-corrected chi connectivity index (χ2v) is 5.91. The lowest BCUT2D eigenvalue weighted by Crippen LogP contribution is -2.36. The molecule has 0 aliphatic carbocycles. The highest BCUT2D eigenvalue weighted by Crippen LogP contribution is 2.20. The largest absolute Gasteiger partial charge is 0.325 e. The number of amides is 2. The van der Waals surface area contributed by atoms with E-state index < -0.39 is 0 Å². The first kappa shape index (κ1) is 16.2. The molecule has 0 aliphatic heterocycles. The van der Waals surface area contributed by atoms with E-state index in [9.17, 15) is 9.59 Å². The predicted molar refractivity (Wildman–Crippen MR) is 92.0 cm³/mol. The van der Waals surface area contributed by atoms with Crippen molar-refractivity contribution in [1.29, 1.82) is 0 Å². The third kappa shape index (κ3) is 4.43. The van der Waals surface area contributed by atoms with Crippen molar-refractivity contribution in [3.63, 3.8) is 0 Å². The molecule has 0 saturated heterocycles. The van der Waals surface area contributed by atoms with Crippen molar-refractivity contribution in [2.45, 2.75) is 13.8 Å². The number of aryl methyl sites for hydroxylation is 1. The molecule has 4 nitrogen and oxygen atoms in total. The number of carbonyl (C=O) groups excluding carboxylic acids is 2. The Hall–Kier alpha value is -2.14. The van der Waals surface area contributed by atoms with Gasteiger partial charge in [-0.15, -0.1) is 0 Å². The van der Waals surface area contributed by atoms with E-state index in [-0.39, 0.29) is 18.4 Å². The maximum Gasteiger partial charge on any atom is 0.244 e. The Balaban J connectivity index is 2.09. The second kappa shape index (κ2) is 7.22. The molecule has 0 spiro atoms. The fraction of sp³-hybridized carbons (Fsp3) is 0.176. The van der Waals surface area contributed by atoms with Crippen LogP contribution in [0.1, 0.15) is 12.5 Å². The van der Waals surface area contributed by atoms with E-state index in [0.29, 0.717) is 11.4 Å². The Kier molecular flexibility index (Phi) is 5.33. The number of rotatable bonds is 4. The second-order valence-electron chi connectivity index (χ2n) is 5.00. The van der Waals surface area contributed by atoms with Gasteiger partial charge in [0.15, 0.2) is 0 Å². The number of nitrogens with one attached hydrogen (secondary N) is 1. The zero-order chi connectivity index (χ0) is 16.1. The van der Waals surface area contributed by atoms with E-state index in [0.717, 1.165) is 10.0 Å². The van der Waals surface area contributed by atoms with Crippen molar-refractivity contribution >= 4 is 39.1 Å². The molecule has 0 saturated carbocycles. The van der Waals surface area contributed by atoms with Gasteiger partial charge >= 0.3 is 0 Å². The van der Waals surface area contributed by atoms with Crippen LogP contribution in [0, 0.1) is 6.92 Å². The van der Waals surface area contributed by atoms with Gasteiger partial charge in [0.2, 0.25) is 11.8 Å². The van der Waals surface area contributed by atoms with Crippen molar-refractivity contribution in [3.8, 4) is 0 Å². The summed E-state index contributed by atoms with van der Waals surface area (Å²) >= 11 is 3.37. The molecule has 0 bridgehead atoms. The van der Waals surface area contributed by atoms with E-state index in [4.69, 9.17) is 0 Å². The molecule has 2 aromatic carbocycles. The average Bonchev–Trinajstić information content (AvgIpc) is 2.47. The Morgan fingerprint density at radius 3 is 2.41 bits per heavy atom. The van der Waals surface area contributed by atoms with E-state index in [1.165, 1.54) is 11.8 Å². The standard InChI is InChI=1S/C17H17BrN2O2/c1-12-6-8-15(9-7-12)19-17(22)11-20(13(2)21)16-5-3-4-14(18)10-16/h3-10H,11H2,1-2H3,(H,19,22). The van der Waals surface area contributed by atoms with Crippen LogP contribution >= 0.6 is 15.9 Å². The number of halogens is 1. The van der Waals surface area contributed by atoms with Crippen molar-refractivity contribution in [1.82, 2.24) is 0 Å². The maximum atomic E-state index is 12.2. The third-order valence-electron chi connectivity index (χ3n) is 3.14. The van der Waals surface area contributed by atoms with Gasteiger partial charge in [-0.1, -0.05) is 39.7 Å². The minimum Gasteiger partial charge on any atom is -0.325 e. The van der Waals surface area contributed by atoms with Gasteiger partial charge in [-0.05, 0) is 37.3 Å². The number of hydrogen-bond donors (Lipinski definition) is 1. The summed E-state index contributed by atoms with van der Waals surface area (Å²) in [6, 6.07) is 14.8. The zero-order valence-electron chi connectivity index (χ0n) is 12.5. The lowest BCUT2D eigenvalue weighted by Gasteiger charge is -2.21. The molecular formula is C17H17BrN2O2. The smallest absolute Gasteiger partial charge is 0.244 e. The molecule has 5 heteroatoms. The van der Waals surface area contributed by atoms with E-state index in [1.807, 2.05) is 43.3 Å². The van der Waals surface area contributed by atoms with E-state index in [1.54, 1.807) is 12.1 Å². The highest BCUT2D eigenvalue weighted by Gasteiger charge is 2.16. The molecule has 1 N–H and O–H groups in total. The quantitative estimate of drug-likeness (QED) is 0.902. The highest BCUT2D eigenvalue weighted by molar-refractivity contribution is 9.10. The topological polar surface area (TPSA) is 49.4 Å². The fourth-order valence-electron chi connectivity index (χ4n) is 2.01. The summed E-state index contributed by atoms with van der Waals surface area (Å²) in [6.45, 7) is 3.40. The number of benzene rings is 2. The normalized spacial score (nSPS) is 10.1. The number of nitrogens with zero attached hydrogens (tertiary/aromatic N) is 1. The summed E-state index contributed by atoms with van der Waals surface area (Å²) in [4.78, 5) is 25.4. The van der Waals surface area contributed by atoms with Crippen molar-refractivity contribution in [3.05, 3.63) is 58.6 Å². The maximum absolute atomic E-state index is 12.2. The number of hydrogen-bond acceptors (Lipinski definition) is 2. The summed E-state index contributed by atoms with van der Waals surface area (Å²) in [6.07, 6.45) is 0. The van der Waals surface area contributed by atoms with Crippen molar-refractivity contribution in [2.24, 2.45) is 0 Å². The molecule has 0 atom stereocenters. The first-order chi connectivity index (χ1) is 10.5. The summed E-state index contributed by atoms with van der Waals surface area (Å²) in [5.74, 6) is -0.420. The van der Waals surface area contributed by atoms with E-state index >= 15 is 0 Å². The summed E-state index contributed by atoms with van der Waals surface area (Å²) < 4.78 is 0.857. The summed E-state index contributed by atoms with van der Waals surface area (Å²) in [5, 5.41) is 2.79. The minimum absolute atomic E-state index is 0.0281. The van der Waals surface area contributed by atoms with Crippen LogP contribution in [0.5, 0.6) is 0 Å². The molecule has 0 heterocycles. The molecule has 0 fully saturated rings. The van der Waals surface area contributed by atoms with Gasteiger partial charge in [-0.2, -0.15) is 0 Å².